The Morgan fingerprint density at radius 3 is 3.00 bits per heavy atom. The van der Waals surface area contributed by atoms with Crippen LogP contribution in [0.5, 0.6) is 0 Å². The van der Waals surface area contributed by atoms with Crippen LogP contribution in [-0.4, -0.2) is 10.1 Å². The Balaban J connectivity index is 2.45. The first-order valence-corrected chi connectivity index (χ1v) is 4.12. The van der Waals surface area contributed by atoms with Crippen molar-refractivity contribution in [2.75, 3.05) is 0 Å². The highest BCUT2D eigenvalue weighted by Gasteiger charge is 2.04. The van der Waals surface area contributed by atoms with E-state index in [-0.39, 0.29) is 0 Å². The summed E-state index contributed by atoms with van der Waals surface area (Å²) in [4.78, 5) is 4.08. The van der Waals surface area contributed by atoms with Gasteiger partial charge in [-0.2, -0.15) is 0 Å². The predicted molar refractivity (Wildman–Crippen MR) is 42.3 cm³/mol. The summed E-state index contributed by atoms with van der Waals surface area (Å²) < 4.78 is 5.00. The van der Waals surface area contributed by atoms with Crippen molar-refractivity contribution in [2.45, 2.75) is 6.92 Å². The number of rotatable bonds is 1. The van der Waals surface area contributed by atoms with Gasteiger partial charge >= 0.3 is 0 Å². The van der Waals surface area contributed by atoms with Gasteiger partial charge in [0.15, 0.2) is 5.76 Å². The number of nitrogens with zero attached hydrogens (tertiary/aromatic N) is 2. The van der Waals surface area contributed by atoms with Crippen LogP contribution in [-0.2, 0) is 0 Å². The van der Waals surface area contributed by atoms with E-state index >= 15 is 0 Å². The van der Waals surface area contributed by atoms with E-state index in [1.165, 1.54) is 0 Å². The second-order valence-electron chi connectivity index (χ2n) is 2.21. The molecule has 0 atom stereocenters. The van der Waals surface area contributed by atoms with Crippen molar-refractivity contribution in [1.82, 2.24) is 10.1 Å². The van der Waals surface area contributed by atoms with Crippen molar-refractivity contribution >= 4 is 11.3 Å². The van der Waals surface area contributed by atoms with Gasteiger partial charge in [0, 0.05) is 11.4 Å². The lowest BCUT2D eigenvalue weighted by molar-refractivity contribution is 0.426. The summed E-state index contributed by atoms with van der Waals surface area (Å²) in [6.45, 7) is 1.89. The summed E-state index contributed by atoms with van der Waals surface area (Å²) in [6.07, 6.45) is 0. The molecule has 2 aromatic heterocycles. The smallest absolute Gasteiger partial charge is 0.186 e. The molecule has 3 nitrogen and oxygen atoms in total. The molecule has 2 rings (SSSR count). The molecule has 0 saturated heterocycles. The van der Waals surface area contributed by atoms with E-state index in [4.69, 9.17) is 4.52 Å². The van der Waals surface area contributed by atoms with Crippen molar-refractivity contribution in [1.29, 1.82) is 0 Å². The molecule has 2 heterocycles. The van der Waals surface area contributed by atoms with Gasteiger partial charge in [-0.3, -0.25) is 0 Å². The molecular formula is C7H6N2OS. The Morgan fingerprint density at radius 1 is 1.55 bits per heavy atom. The molecule has 0 radical (unpaired) electrons. The van der Waals surface area contributed by atoms with Gasteiger partial charge in [0.1, 0.15) is 5.69 Å². The Labute approximate surface area is 67.7 Å². The third-order valence-corrected chi connectivity index (χ3v) is 1.90. The van der Waals surface area contributed by atoms with E-state index in [1.807, 2.05) is 18.4 Å². The van der Waals surface area contributed by atoms with Gasteiger partial charge < -0.3 is 4.52 Å². The largest absolute Gasteiger partial charge is 0.354 e. The molecule has 0 saturated carbocycles. The molecule has 0 spiro atoms. The van der Waals surface area contributed by atoms with E-state index in [9.17, 15) is 0 Å². The Kier molecular flexibility index (Phi) is 1.47. The third-order valence-electron chi connectivity index (χ3n) is 1.31. The summed E-state index contributed by atoms with van der Waals surface area (Å²) in [6, 6.07) is 1.87. The van der Waals surface area contributed by atoms with Crippen molar-refractivity contribution in [3.8, 4) is 11.5 Å². The molecule has 0 aliphatic heterocycles. The first kappa shape index (κ1) is 6.54. The first-order valence-electron chi connectivity index (χ1n) is 3.18. The molecule has 0 aliphatic carbocycles. The first-order chi connectivity index (χ1) is 5.36. The number of aromatic nitrogens is 2. The van der Waals surface area contributed by atoms with Gasteiger partial charge in [-0.25, -0.2) is 4.98 Å². The van der Waals surface area contributed by atoms with E-state index in [0.717, 1.165) is 17.1 Å². The van der Waals surface area contributed by atoms with Crippen molar-refractivity contribution < 1.29 is 4.52 Å². The quantitative estimate of drug-likeness (QED) is 0.651. The lowest BCUT2D eigenvalue weighted by Gasteiger charge is -1.81. The van der Waals surface area contributed by atoms with E-state index in [1.54, 1.807) is 16.8 Å². The number of hydrogen-bond donors (Lipinski definition) is 0. The number of aryl methyl sites for hydroxylation is 1. The van der Waals surface area contributed by atoms with Crippen LogP contribution in [0, 0.1) is 6.92 Å². The van der Waals surface area contributed by atoms with Gasteiger partial charge in [-0.05, 0) is 6.92 Å². The molecule has 0 unspecified atom stereocenters. The fourth-order valence-electron chi connectivity index (χ4n) is 0.819. The van der Waals surface area contributed by atoms with Crippen molar-refractivity contribution in [2.24, 2.45) is 0 Å². The lowest BCUT2D eigenvalue weighted by Crippen LogP contribution is -1.68. The van der Waals surface area contributed by atoms with Crippen LogP contribution >= 0.6 is 11.3 Å². The fraction of sp³-hybridized carbons (Fsp3) is 0.143. The van der Waals surface area contributed by atoms with Gasteiger partial charge in [0.2, 0.25) is 0 Å². The third kappa shape index (κ3) is 1.17. The highest BCUT2D eigenvalue weighted by molar-refractivity contribution is 7.07. The monoisotopic (exact) mass is 166 g/mol. The molecule has 56 valence electrons. The lowest BCUT2D eigenvalue weighted by atomic mass is 10.3. The maximum Gasteiger partial charge on any atom is 0.186 e. The van der Waals surface area contributed by atoms with Crippen molar-refractivity contribution in [3.63, 3.8) is 0 Å². The molecule has 0 aromatic carbocycles. The van der Waals surface area contributed by atoms with E-state index in [2.05, 4.69) is 10.1 Å². The summed E-state index contributed by atoms with van der Waals surface area (Å²) >= 11 is 1.54. The second kappa shape index (κ2) is 2.47. The summed E-state index contributed by atoms with van der Waals surface area (Å²) in [5.74, 6) is 0.740. The molecule has 4 heteroatoms. The molecular weight excluding hydrogens is 160 g/mol. The molecule has 0 bridgehead atoms. The van der Waals surface area contributed by atoms with Crippen LogP contribution < -0.4 is 0 Å². The molecule has 0 aliphatic rings. The van der Waals surface area contributed by atoms with E-state index < -0.39 is 0 Å². The Hall–Kier alpha value is -1.16. The average molecular weight is 166 g/mol. The maximum absolute atomic E-state index is 5.00. The standard InChI is InChI=1S/C7H6N2OS/c1-5-2-7(10-9-5)6-3-11-4-8-6/h2-4H,1H3. The zero-order valence-corrected chi connectivity index (χ0v) is 6.76. The summed E-state index contributed by atoms with van der Waals surface area (Å²) in [5.41, 5.74) is 3.51. The van der Waals surface area contributed by atoms with Gasteiger partial charge in [0.05, 0.1) is 11.2 Å². The minimum absolute atomic E-state index is 0.740. The predicted octanol–water partition coefficient (Wildman–Crippen LogP) is 2.11. The second-order valence-corrected chi connectivity index (χ2v) is 2.92. The van der Waals surface area contributed by atoms with Gasteiger partial charge in [-0.1, -0.05) is 5.16 Å². The average Bonchev–Trinajstić information content (AvgIpc) is 2.55. The van der Waals surface area contributed by atoms with Crippen LogP contribution in [0.1, 0.15) is 5.69 Å². The fourth-order valence-corrected chi connectivity index (χ4v) is 1.36. The minimum atomic E-state index is 0.740. The van der Waals surface area contributed by atoms with Gasteiger partial charge in [0.25, 0.3) is 0 Å². The molecule has 0 amide bonds. The van der Waals surface area contributed by atoms with Crippen LogP contribution in [0.2, 0.25) is 0 Å². The number of thiazole rings is 1. The molecule has 2 aromatic rings. The summed E-state index contributed by atoms with van der Waals surface area (Å²) in [7, 11) is 0. The maximum atomic E-state index is 5.00. The van der Waals surface area contributed by atoms with Crippen molar-refractivity contribution in [3.05, 3.63) is 22.7 Å². The molecule has 0 fully saturated rings. The Bertz CT molecular complexity index is 339. The van der Waals surface area contributed by atoms with Crippen LogP contribution in [0.3, 0.4) is 0 Å². The van der Waals surface area contributed by atoms with Crippen LogP contribution in [0.25, 0.3) is 11.5 Å². The number of hydrogen-bond acceptors (Lipinski definition) is 4. The van der Waals surface area contributed by atoms with Gasteiger partial charge in [-0.15, -0.1) is 11.3 Å². The van der Waals surface area contributed by atoms with E-state index in [0.29, 0.717) is 0 Å². The van der Waals surface area contributed by atoms with Crippen LogP contribution in [0.4, 0.5) is 0 Å². The molecule has 11 heavy (non-hydrogen) atoms. The normalized spacial score (nSPS) is 10.3. The molecule has 0 N–H and O–H groups in total. The topological polar surface area (TPSA) is 38.9 Å². The van der Waals surface area contributed by atoms with Crippen LogP contribution in [0.15, 0.2) is 21.5 Å². The highest BCUT2D eigenvalue weighted by Crippen LogP contribution is 2.18. The zero-order chi connectivity index (χ0) is 7.68. The highest BCUT2D eigenvalue weighted by atomic mass is 32.1. The Morgan fingerprint density at radius 2 is 2.45 bits per heavy atom. The zero-order valence-electron chi connectivity index (χ0n) is 5.94. The summed E-state index contributed by atoms with van der Waals surface area (Å²) in [5, 5.41) is 5.69. The minimum Gasteiger partial charge on any atom is -0.354 e. The SMILES string of the molecule is Cc1cc(-c2cscn2)on1.